The van der Waals surface area contributed by atoms with Crippen LogP contribution in [0.4, 0.5) is 0 Å². The Hall–Kier alpha value is -2.52. The van der Waals surface area contributed by atoms with Gasteiger partial charge in [0.15, 0.2) is 0 Å². The molecular weight excluding hydrogens is 424 g/mol. The van der Waals surface area contributed by atoms with Crippen LogP contribution in [-0.2, 0) is 10.0 Å². The molecule has 1 aromatic heterocycles. The maximum absolute atomic E-state index is 13.1. The predicted octanol–water partition coefficient (Wildman–Crippen LogP) is 2.95. The van der Waals surface area contributed by atoms with Crippen LogP contribution in [0.25, 0.3) is 10.9 Å². The molecule has 3 aromatic rings. The van der Waals surface area contributed by atoms with Gasteiger partial charge in [0, 0.05) is 44.3 Å². The smallest absolute Gasteiger partial charge is 0.242 e. The van der Waals surface area contributed by atoms with Gasteiger partial charge in [-0.1, -0.05) is 24.3 Å². The number of nitrogens with one attached hydrogen (secondary N) is 1. The maximum atomic E-state index is 13.1. The fraction of sp³-hybridized carbons (Fsp3) is 0.375. The molecule has 2 heterocycles. The number of hydrogen-bond donors (Lipinski definition) is 1. The van der Waals surface area contributed by atoms with Gasteiger partial charge in [0.05, 0.1) is 23.2 Å². The Bertz CT molecular complexity index is 1110. The van der Waals surface area contributed by atoms with E-state index in [-0.39, 0.29) is 11.1 Å². The van der Waals surface area contributed by atoms with Gasteiger partial charge in [-0.3, -0.25) is 9.88 Å². The highest BCUT2D eigenvalue weighted by Crippen LogP contribution is 2.21. The van der Waals surface area contributed by atoms with Gasteiger partial charge in [0.2, 0.25) is 10.0 Å². The monoisotopic (exact) mass is 454 g/mol. The van der Waals surface area contributed by atoms with Gasteiger partial charge < -0.3 is 9.64 Å². The molecule has 0 saturated carbocycles. The lowest BCUT2D eigenvalue weighted by Gasteiger charge is -2.38. The third-order valence-corrected chi connectivity index (χ3v) is 7.39. The first-order valence-corrected chi connectivity index (χ1v) is 12.5. The second-order valence-corrected chi connectivity index (χ2v) is 9.70. The van der Waals surface area contributed by atoms with Gasteiger partial charge in [0.1, 0.15) is 5.75 Å². The summed E-state index contributed by atoms with van der Waals surface area (Å²) >= 11 is 0. The molecule has 32 heavy (non-hydrogen) atoms. The summed E-state index contributed by atoms with van der Waals surface area (Å²) in [5.74, 6) is 0.903. The van der Waals surface area contributed by atoms with Gasteiger partial charge in [0.25, 0.3) is 0 Å². The first-order valence-electron chi connectivity index (χ1n) is 11.0. The molecule has 0 bridgehead atoms. The molecular formula is C24H30N4O3S. The Balaban J connectivity index is 1.25. The molecule has 0 spiro atoms. The summed E-state index contributed by atoms with van der Waals surface area (Å²) in [4.78, 5) is 9.12. The second kappa shape index (κ2) is 10.4. The van der Waals surface area contributed by atoms with E-state index in [4.69, 9.17) is 4.74 Å². The molecule has 1 aliphatic rings. The van der Waals surface area contributed by atoms with Crippen molar-refractivity contribution in [2.45, 2.75) is 24.4 Å². The highest BCUT2D eigenvalue weighted by Gasteiger charge is 2.26. The molecule has 0 amide bonds. The van der Waals surface area contributed by atoms with E-state index in [0.29, 0.717) is 17.5 Å². The van der Waals surface area contributed by atoms with Crippen LogP contribution in [0.15, 0.2) is 71.8 Å². The minimum absolute atomic E-state index is 0.270. The Kier molecular flexibility index (Phi) is 7.36. The predicted molar refractivity (Wildman–Crippen MR) is 126 cm³/mol. The average molecular weight is 455 g/mol. The van der Waals surface area contributed by atoms with E-state index in [1.54, 1.807) is 30.5 Å². The molecule has 1 atom stereocenters. The third kappa shape index (κ3) is 5.63. The summed E-state index contributed by atoms with van der Waals surface area (Å²) < 4.78 is 34.7. The highest BCUT2D eigenvalue weighted by molar-refractivity contribution is 7.89. The van der Waals surface area contributed by atoms with Crippen LogP contribution in [0.1, 0.15) is 13.3 Å². The summed E-state index contributed by atoms with van der Waals surface area (Å²) in [5.41, 5.74) is 0.674. The van der Waals surface area contributed by atoms with Crippen LogP contribution < -0.4 is 9.46 Å². The number of piperazine rings is 1. The number of pyridine rings is 1. The molecule has 170 valence electrons. The first kappa shape index (κ1) is 22.7. The zero-order valence-electron chi connectivity index (χ0n) is 18.4. The third-order valence-electron chi connectivity index (χ3n) is 5.81. The van der Waals surface area contributed by atoms with E-state index in [2.05, 4.69) is 19.5 Å². The van der Waals surface area contributed by atoms with Crippen molar-refractivity contribution in [3.05, 3.63) is 66.9 Å². The molecule has 1 saturated heterocycles. The van der Waals surface area contributed by atoms with Crippen molar-refractivity contribution in [1.29, 1.82) is 0 Å². The van der Waals surface area contributed by atoms with E-state index in [0.717, 1.165) is 44.9 Å². The van der Waals surface area contributed by atoms with Crippen molar-refractivity contribution >= 4 is 20.9 Å². The lowest BCUT2D eigenvalue weighted by Crippen LogP contribution is -2.54. The van der Waals surface area contributed by atoms with Crippen LogP contribution in [0.5, 0.6) is 5.75 Å². The SMILES string of the molecule is CC(NS(=O)(=O)c1cccc2ncccc12)N1CCN(CCCOc2ccccc2)CC1. The molecule has 1 unspecified atom stereocenters. The molecule has 0 aliphatic carbocycles. The minimum Gasteiger partial charge on any atom is -0.494 e. The van der Waals surface area contributed by atoms with Crippen molar-refractivity contribution < 1.29 is 13.2 Å². The molecule has 1 N–H and O–H groups in total. The summed E-state index contributed by atoms with van der Waals surface area (Å²) in [5, 5.41) is 0.636. The second-order valence-electron chi connectivity index (χ2n) is 8.02. The van der Waals surface area contributed by atoms with E-state index in [1.165, 1.54) is 0 Å². The Morgan fingerprint density at radius 3 is 2.56 bits per heavy atom. The molecule has 1 fully saturated rings. The fourth-order valence-corrected chi connectivity index (χ4v) is 5.49. The zero-order chi connectivity index (χ0) is 22.4. The van der Waals surface area contributed by atoms with Crippen LogP contribution in [-0.4, -0.2) is 68.7 Å². The van der Waals surface area contributed by atoms with E-state index >= 15 is 0 Å². The van der Waals surface area contributed by atoms with E-state index in [1.807, 2.05) is 43.3 Å². The molecule has 0 radical (unpaired) electrons. The van der Waals surface area contributed by atoms with Crippen molar-refractivity contribution in [1.82, 2.24) is 19.5 Å². The number of nitrogens with zero attached hydrogens (tertiary/aromatic N) is 3. The molecule has 2 aromatic carbocycles. The summed E-state index contributed by atoms with van der Waals surface area (Å²) in [6.45, 7) is 7.04. The summed E-state index contributed by atoms with van der Waals surface area (Å²) in [6.07, 6.45) is 2.35. The number of fused-ring (bicyclic) bond motifs is 1. The summed E-state index contributed by atoms with van der Waals surface area (Å²) in [6, 6.07) is 18.6. The highest BCUT2D eigenvalue weighted by atomic mass is 32.2. The van der Waals surface area contributed by atoms with E-state index < -0.39 is 10.0 Å². The van der Waals surface area contributed by atoms with Crippen LogP contribution >= 0.6 is 0 Å². The summed E-state index contributed by atoms with van der Waals surface area (Å²) in [7, 11) is -3.65. The normalized spacial score (nSPS) is 16.8. The minimum atomic E-state index is -3.65. The lowest BCUT2D eigenvalue weighted by atomic mass is 10.2. The van der Waals surface area contributed by atoms with Crippen molar-refractivity contribution in [2.24, 2.45) is 0 Å². The fourth-order valence-electron chi connectivity index (χ4n) is 4.04. The van der Waals surface area contributed by atoms with Gasteiger partial charge >= 0.3 is 0 Å². The largest absolute Gasteiger partial charge is 0.494 e. The number of benzene rings is 2. The van der Waals surface area contributed by atoms with Crippen molar-refractivity contribution in [3.8, 4) is 5.75 Å². The number of aromatic nitrogens is 1. The molecule has 1 aliphatic heterocycles. The van der Waals surface area contributed by atoms with Crippen LogP contribution in [0, 0.1) is 0 Å². The van der Waals surface area contributed by atoms with Gasteiger partial charge in [-0.25, -0.2) is 8.42 Å². The van der Waals surface area contributed by atoms with Crippen molar-refractivity contribution in [2.75, 3.05) is 39.3 Å². The number of ether oxygens (including phenoxy) is 1. The number of sulfonamides is 1. The van der Waals surface area contributed by atoms with Gasteiger partial charge in [-0.15, -0.1) is 0 Å². The van der Waals surface area contributed by atoms with Crippen LogP contribution in [0.2, 0.25) is 0 Å². The molecule has 7 nitrogen and oxygen atoms in total. The number of hydrogen-bond acceptors (Lipinski definition) is 6. The molecule has 8 heteroatoms. The topological polar surface area (TPSA) is 74.8 Å². The maximum Gasteiger partial charge on any atom is 0.242 e. The first-order chi connectivity index (χ1) is 15.5. The van der Waals surface area contributed by atoms with Gasteiger partial charge in [-0.2, -0.15) is 4.72 Å². The number of para-hydroxylation sites is 1. The molecule has 4 rings (SSSR count). The Labute approximate surface area is 190 Å². The lowest BCUT2D eigenvalue weighted by molar-refractivity contribution is 0.0943. The quantitative estimate of drug-likeness (QED) is 0.501. The average Bonchev–Trinajstić information content (AvgIpc) is 2.82. The van der Waals surface area contributed by atoms with Gasteiger partial charge in [-0.05, 0) is 49.7 Å². The standard InChI is InChI=1S/C24H30N4O3S/c1-20(26-32(29,30)24-12-5-11-23-22(24)10-6-13-25-23)28-17-15-27(16-18-28)14-7-19-31-21-8-3-2-4-9-21/h2-6,8-13,20,26H,7,14-19H2,1H3. The number of rotatable bonds is 9. The zero-order valence-corrected chi connectivity index (χ0v) is 19.2. The Morgan fingerprint density at radius 2 is 1.78 bits per heavy atom. The van der Waals surface area contributed by atoms with Crippen molar-refractivity contribution in [3.63, 3.8) is 0 Å². The Morgan fingerprint density at radius 1 is 1.00 bits per heavy atom. The van der Waals surface area contributed by atoms with E-state index in [9.17, 15) is 8.42 Å². The van der Waals surface area contributed by atoms with Crippen LogP contribution in [0.3, 0.4) is 0 Å².